The first kappa shape index (κ1) is 23.1. The van der Waals surface area contributed by atoms with E-state index in [9.17, 15) is 15.5 Å². The van der Waals surface area contributed by atoms with Crippen LogP contribution in [0.5, 0.6) is 0 Å². The number of carbonyl (C=O) groups excluding carboxylic acids is 1. The van der Waals surface area contributed by atoms with Gasteiger partial charge in [-0.15, -0.1) is 0 Å². The van der Waals surface area contributed by atoms with Crippen molar-refractivity contribution in [2.45, 2.75) is 38.6 Å². The Kier molecular flexibility index (Phi) is 6.31. The third-order valence-corrected chi connectivity index (χ3v) is 7.17. The zero-order valence-electron chi connectivity index (χ0n) is 20.3. The highest BCUT2D eigenvalue weighted by Gasteiger charge is 2.31. The van der Waals surface area contributed by atoms with Crippen LogP contribution in [0.1, 0.15) is 37.3 Å². The molecule has 5 rings (SSSR count). The highest BCUT2D eigenvalue weighted by molar-refractivity contribution is 6.09. The summed E-state index contributed by atoms with van der Waals surface area (Å²) in [6.45, 7) is 4.75. The number of nitriles is 1. The molecule has 2 aromatic rings. The van der Waals surface area contributed by atoms with Gasteiger partial charge in [-0.1, -0.05) is 6.07 Å². The second kappa shape index (κ2) is 9.55. The number of amidine groups is 1. The lowest BCUT2D eigenvalue weighted by atomic mass is 9.90. The van der Waals surface area contributed by atoms with Gasteiger partial charge in [0.2, 0.25) is 5.91 Å². The normalized spacial score (nSPS) is 20.0. The van der Waals surface area contributed by atoms with Crippen molar-refractivity contribution < 1.29 is 9.53 Å². The molecule has 1 atom stereocenters. The lowest BCUT2D eigenvalue weighted by Crippen LogP contribution is -2.46. The Morgan fingerprint density at radius 2 is 2.17 bits per heavy atom. The van der Waals surface area contributed by atoms with Gasteiger partial charge in [-0.3, -0.25) is 14.9 Å². The summed E-state index contributed by atoms with van der Waals surface area (Å²) in [7, 11) is 1.86. The van der Waals surface area contributed by atoms with E-state index in [-0.39, 0.29) is 11.9 Å². The molecule has 2 N–H and O–H groups in total. The second-order valence-corrected chi connectivity index (χ2v) is 9.46. The minimum Gasteiger partial charge on any atom is -0.383 e. The summed E-state index contributed by atoms with van der Waals surface area (Å²) < 4.78 is 7.28. The monoisotopic (exact) mass is 473 g/mol. The van der Waals surface area contributed by atoms with Gasteiger partial charge in [0.1, 0.15) is 11.9 Å². The number of hydrogen-bond donors (Lipinski definition) is 2. The first-order chi connectivity index (χ1) is 17.0. The van der Waals surface area contributed by atoms with Gasteiger partial charge in [0, 0.05) is 74.4 Å². The maximum atomic E-state index is 12.2. The number of rotatable bonds is 4. The number of fused-ring (bicyclic) bond motifs is 1. The van der Waals surface area contributed by atoms with Gasteiger partial charge in [-0.2, -0.15) is 10.4 Å². The van der Waals surface area contributed by atoms with Crippen LogP contribution >= 0.6 is 0 Å². The molecule has 0 bridgehead atoms. The number of anilines is 1. The fourth-order valence-corrected chi connectivity index (χ4v) is 5.30. The average Bonchev–Trinajstić information content (AvgIpc) is 3.54. The molecule has 1 aromatic heterocycles. The molecule has 0 spiro atoms. The molecule has 3 aliphatic heterocycles. The number of nitrogens with zero attached hydrogens (tertiary/aromatic N) is 5. The van der Waals surface area contributed by atoms with Gasteiger partial charge >= 0.3 is 0 Å². The van der Waals surface area contributed by atoms with Gasteiger partial charge in [0.15, 0.2) is 0 Å². The quantitative estimate of drug-likeness (QED) is 0.522. The lowest BCUT2D eigenvalue weighted by Gasteiger charge is -2.37. The number of ether oxygens (including phenoxy) is 1. The van der Waals surface area contributed by atoms with Crippen molar-refractivity contribution in [2.24, 2.45) is 7.05 Å². The van der Waals surface area contributed by atoms with E-state index in [0.29, 0.717) is 44.1 Å². The highest BCUT2D eigenvalue weighted by atomic mass is 16.5. The Morgan fingerprint density at radius 3 is 2.86 bits per heavy atom. The van der Waals surface area contributed by atoms with E-state index < -0.39 is 0 Å². The molecule has 9 nitrogen and oxygen atoms in total. The van der Waals surface area contributed by atoms with Crippen molar-refractivity contribution >= 4 is 17.4 Å². The van der Waals surface area contributed by atoms with Crippen LogP contribution in [0.3, 0.4) is 0 Å². The first-order valence-electron chi connectivity index (χ1n) is 12.2. The van der Waals surface area contributed by atoms with E-state index in [1.807, 2.05) is 30.3 Å². The molecule has 0 unspecified atom stereocenters. The van der Waals surface area contributed by atoms with Gasteiger partial charge < -0.3 is 19.9 Å². The van der Waals surface area contributed by atoms with Crippen molar-refractivity contribution in [2.75, 3.05) is 37.7 Å². The molecule has 1 amide bonds. The molecule has 35 heavy (non-hydrogen) atoms. The van der Waals surface area contributed by atoms with Gasteiger partial charge in [-0.05, 0) is 30.9 Å². The molecule has 0 aliphatic carbocycles. The highest BCUT2D eigenvalue weighted by Crippen LogP contribution is 2.37. The van der Waals surface area contributed by atoms with E-state index in [1.54, 1.807) is 22.7 Å². The molecular formula is C26H31N7O2. The van der Waals surface area contributed by atoms with Crippen LogP contribution in [-0.4, -0.2) is 65.3 Å². The third-order valence-electron chi connectivity index (χ3n) is 7.17. The molecule has 0 saturated carbocycles. The predicted molar refractivity (Wildman–Crippen MR) is 133 cm³/mol. The van der Waals surface area contributed by atoms with Crippen LogP contribution in [0.15, 0.2) is 35.8 Å². The number of benzene rings is 1. The van der Waals surface area contributed by atoms with Gasteiger partial charge in [-0.25, -0.2) is 0 Å². The van der Waals surface area contributed by atoms with Crippen LogP contribution < -0.4 is 10.2 Å². The maximum Gasteiger partial charge on any atom is 0.219 e. The summed E-state index contributed by atoms with van der Waals surface area (Å²) in [6.07, 6.45) is 6.97. The van der Waals surface area contributed by atoms with E-state index in [1.165, 1.54) is 0 Å². The number of amides is 1. The van der Waals surface area contributed by atoms with Gasteiger partial charge in [0.25, 0.3) is 0 Å². The standard InChI is InChI=1S/C26H31N7O2/c1-17(34)32-10-7-24(30-19-8-11-35-16-19)23(15-32)26(28)33-9-3-4-21-22(12-27)20(5-6-25(21)33)18-13-29-31(2)14-18/h5-6,13-14,19,28,30H,3-4,7-11,15-16H2,1-2H3/t19-/m0/s1. The predicted octanol–water partition coefficient (Wildman–Crippen LogP) is 2.57. The summed E-state index contributed by atoms with van der Waals surface area (Å²) in [6, 6.07) is 6.65. The lowest BCUT2D eigenvalue weighted by molar-refractivity contribution is -0.128. The zero-order valence-corrected chi connectivity index (χ0v) is 20.3. The van der Waals surface area contributed by atoms with E-state index >= 15 is 0 Å². The first-order valence-corrected chi connectivity index (χ1v) is 12.2. The van der Waals surface area contributed by atoms with Gasteiger partial charge in [0.05, 0.1) is 31.0 Å². The molecule has 1 fully saturated rings. The fourth-order valence-electron chi connectivity index (χ4n) is 5.30. The molecule has 1 aromatic carbocycles. The topological polar surface area (TPSA) is 110 Å². The number of hydrogen-bond acceptors (Lipinski definition) is 6. The minimum absolute atomic E-state index is 0.0190. The number of aryl methyl sites for hydroxylation is 1. The third kappa shape index (κ3) is 4.42. The van der Waals surface area contributed by atoms with Crippen LogP contribution in [0.25, 0.3) is 11.1 Å². The SMILES string of the molecule is CC(=O)N1CCC(N[C@H]2CCOC2)=C(C(=N)N2CCCc3c2ccc(-c2cnn(C)c2)c3C#N)C1. The molecule has 4 heterocycles. The Bertz CT molecular complexity index is 1230. The second-order valence-electron chi connectivity index (χ2n) is 9.46. The molecule has 9 heteroatoms. The van der Waals surface area contributed by atoms with Crippen molar-refractivity contribution in [1.29, 1.82) is 10.7 Å². The Hall–Kier alpha value is -3.64. The fraction of sp³-hybridized carbons (Fsp3) is 0.462. The number of nitrogens with one attached hydrogen (secondary N) is 2. The van der Waals surface area contributed by atoms with Crippen molar-refractivity contribution in [3.05, 3.63) is 46.9 Å². The summed E-state index contributed by atoms with van der Waals surface area (Å²) in [4.78, 5) is 16.0. The summed E-state index contributed by atoms with van der Waals surface area (Å²) in [5, 5.41) is 27.2. The number of aromatic nitrogens is 2. The molecular weight excluding hydrogens is 442 g/mol. The maximum absolute atomic E-state index is 12.2. The van der Waals surface area contributed by atoms with E-state index in [4.69, 9.17) is 4.74 Å². The Balaban J connectivity index is 1.52. The molecule has 0 radical (unpaired) electrons. The molecule has 1 saturated heterocycles. The smallest absolute Gasteiger partial charge is 0.219 e. The largest absolute Gasteiger partial charge is 0.383 e. The van der Waals surface area contributed by atoms with Crippen LogP contribution in [0, 0.1) is 16.7 Å². The zero-order chi connectivity index (χ0) is 24.5. The summed E-state index contributed by atoms with van der Waals surface area (Å²) >= 11 is 0. The van der Waals surface area contributed by atoms with Crippen LogP contribution in [0.2, 0.25) is 0 Å². The Morgan fingerprint density at radius 1 is 1.31 bits per heavy atom. The Labute approximate surface area is 205 Å². The molecule has 3 aliphatic rings. The average molecular weight is 474 g/mol. The van der Waals surface area contributed by atoms with Crippen molar-refractivity contribution in [3.63, 3.8) is 0 Å². The van der Waals surface area contributed by atoms with E-state index in [0.717, 1.165) is 59.5 Å². The van der Waals surface area contributed by atoms with Crippen molar-refractivity contribution in [1.82, 2.24) is 20.0 Å². The summed E-state index contributed by atoms with van der Waals surface area (Å²) in [5.41, 5.74) is 6.19. The summed E-state index contributed by atoms with van der Waals surface area (Å²) in [5.74, 6) is 0.418. The molecule has 182 valence electrons. The number of carbonyl (C=O) groups is 1. The van der Waals surface area contributed by atoms with Crippen LogP contribution in [-0.2, 0) is 23.0 Å². The van der Waals surface area contributed by atoms with Crippen molar-refractivity contribution in [3.8, 4) is 17.2 Å². The minimum atomic E-state index is 0.0190. The van der Waals surface area contributed by atoms with E-state index in [2.05, 4.69) is 16.5 Å². The van der Waals surface area contributed by atoms with Crippen LogP contribution in [0.4, 0.5) is 5.69 Å².